The molecule has 0 saturated carbocycles. The minimum absolute atomic E-state index is 0.00752. The molecule has 14 heteroatoms. The van der Waals surface area contributed by atoms with E-state index in [-0.39, 0.29) is 31.5 Å². The Morgan fingerprint density at radius 3 is 2.37 bits per heavy atom. The summed E-state index contributed by atoms with van der Waals surface area (Å²) in [5.74, 6) is -0.764. The summed E-state index contributed by atoms with van der Waals surface area (Å²) in [6.07, 6.45) is -0.762. The fourth-order valence-electron chi connectivity index (χ4n) is 6.39. The summed E-state index contributed by atoms with van der Waals surface area (Å²) in [6.45, 7) is 12.1. The van der Waals surface area contributed by atoms with E-state index in [4.69, 9.17) is 14.5 Å². The largest absolute Gasteiger partial charge is 0.484 e. The van der Waals surface area contributed by atoms with E-state index in [0.29, 0.717) is 19.0 Å². The van der Waals surface area contributed by atoms with Gasteiger partial charge in [0, 0.05) is 37.0 Å². The van der Waals surface area contributed by atoms with Gasteiger partial charge < -0.3 is 35.0 Å². The molecule has 276 valence electrons. The first kappa shape index (κ1) is 37.4. The molecule has 4 heterocycles. The van der Waals surface area contributed by atoms with Crippen molar-refractivity contribution < 1.29 is 29.0 Å². The van der Waals surface area contributed by atoms with Crippen LogP contribution < -0.4 is 20.3 Å². The Balaban J connectivity index is 1.04. The van der Waals surface area contributed by atoms with Crippen LogP contribution in [-0.2, 0) is 19.1 Å². The number of aliphatic hydroxyl groups is 1. The van der Waals surface area contributed by atoms with Gasteiger partial charge in [0.25, 0.3) is 5.91 Å². The lowest BCUT2D eigenvalue weighted by molar-refractivity contribution is -0.144. The van der Waals surface area contributed by atoms with Crippen molar-refractivity contribution in [3.05, 3.63) is 70.7 Å². The van der Waals surface area contributed by atoms with Crippen molar-refractivity contribution in [1.29, 1.82) is 0 Å². The van der Waals surface area contributed by atoms with E-state index in [1.165, 1.54) is 4.90 Å². The maximum Gasteiger partial charge on any atom is 0.258 e. The fourth-order valence-corrected chi connectivity index (χ4v) is 8.09. The number of amides is 3. The number of likely N-dealkylation sites (tertiary alicyclic amines) is 1. The highest BCUT2D eigenvalue weighted by molar-refractivity contribution is 7.14. The van der Waals surface area contributed by atoms with Crippen LogP contribution in [0.25, 0.3) is 21.7 Å². The minimum Gasteiger partial charge on any atom is -0.484 e. The number of hydrogen-bond donors (Lipinski definition) is 3. The predicted octanol–water partition coefficient (Wildman–Crippen LogP) is 4.83. The summed E-state index contributed by atoms with van der Waals surface area (Å²) in [6, 6.07) is 13.1. The first-order chi connectivity index (χ1) is 24.9. The van der Waals surface area contributed by atoms with Gasteiger partial charge in [0.2, 0.25) is 11.8 Å². The van der Waals surface area contributed by atoms with E-state index in [1.54, 1.807) is 34.8 Å². The van der Waals surface area contributed by atoms with Crippen LogP contribution in [0.3, 0.4) is 0 Å². The number of β-amino-alcohol motifs (C(OH)–C–C–N with tert-alkyl or cyclic N) is 1. The van der Waals surface area contributed by atoms with Crippen molar-refractivity contribution >= 4 is 45.5 Å². The molecule has 2 aromatic carbocycles. The Hall–Kier alpha value is -4.37. The molecule has 2 aliphatic rings. The molecular formula is C38H46N6O6S2. The fraction of sp³-hybridized carbons (Fsp3) is 0.447. The average molecular weight is 747 g/mol. The Morgan fingerprint density at radius 1 is 1.02 bits per heavy atom. The molecule has 0 aliphatic carbocycles. The number of thiazole rings is 2. The van der Waals surface area contributed by atoms with Crippen molar-refractivity contribution in [2.75, 3.05) is 44.4 Å². The molecule has 3 amide bonds. The molecule has 3 N–H and O–H groups in total. The zero-order chi connectivity index (χ0) is 37.0. The molecule has 4 atom stereocenters. The van der Waals surface area contributed by atoms with E-state index >= 15 is 0 Å². The van der Waals surface area contributed by atoms with Gasteiger partial charge in [0.05, 0.1) is 47.1 Å². The van der Waals surface area contributed by atoms with E-state index in [1.807, 2.05) is 81.9 Å². The van der Waals surface area contributed by atoms with Crippen LogP contribution in [0.1, 0.15) is 51.4 Å². The summed E-state index contributed by atoms with van der Waals surface area (Å²) in [5.41, 5.74) is 5.87. The van der Waals surface area contributed by atoms with Gasteiger partial charge in [0.15, 0.2) is 11.7 Å². The second kappa shape index (κ2) is 16.1. The number of hydrogen-bond acceptors (Lipinski definition) is 11. The zero-order valence-electron chi connectivity index (χ0n) is 30.1. The highest BCUT2D eigenvalue weighted by Gasteiger charge is 2.44. The molecule has 2 fully saturated rings. The number of anilines is 1. The summed E-state index contributed by atoms with van der Waals surface area (Å²) in [7, 11) is 0. The molecule has 52 heavy (non-hydrogen) atoms. The Morgan fingerprint density at radius 2 is 1.71 bits per heavy atom. The number of ether oxygens (including phenoxy) is 2. The van der Waals surface area contributed by atoms with E-state index in [9.17, 15) is 19.5 Å². The van der Waals surface area contributed by atoms with E-state index < -0.39 is 35.4 Å². The number of carbonyl (C=O) groups excluding carboxylic acids is 3. The SMILES string of the molecule is Cc1ncsc1-c1ccc([C@H](C)NC(=O)[C@@H]2C[C@@H](O)CN2C(=O)[C@@H](NC(=O)COc2ccc(-c3csc(N4CCOCC4)n3)cc2)C(C)(C)C)cc1. The lowest BCUT2D eigenvalue weighted by Gasteiger charge is -2.35. The van der Waals surface area contributed by atoms with Gasteiger partial charge in [-0.05, 0) is 54.7 Å². The van der Waals surface area contributed by atoms with Gasteiger partial charge in [-0.3, -0.25) is 14.4 Å². The van der Waals surface area contributed by atoms with Crippen LogP contribution in [0.2, 0.25) is 0 Å². The summed E-state index contributed by atoms with van der Waals surface area (Å²) < 4.78 is 11.2. The van der Waals surface area contributed by atoms with Crippen LogP contribution in [-0.4, -0.2) is 95.3 Å². The zero-order valence-corrected chi connectivity index (χ0v) is 31.8. The number of aliphatic hydroxyl groups excluding tert-OH is 1. The monoisotopic (exact) mass is 746 g/mol. The Kier molecular flexibility index (Phi) is 11.6. The highest BCUT2D eigenvalue weighted by atomic mass is 32.1. The third-order valence-electron chi connectivity index (χ3n) is 9.35. The molecular weight excluding hydrogens is 701 g/mol. The first-order valence-electron chi connectivity index (χ1n) is 17.5. The molecule has 2 aromatic heterocycles. The number of aryl methyl sites for hydroxylation is 1. The average Bonchev–Trinajstić information content (AvgIpc) is 3.90. The molecule has 0 spiro atoms. The van der Waals surface area contributed by atoms with Crippen LogP contribution in [0.5, 0.6) is 5.75 Å². The normalized spacial score (nSPS) is 18.9. The van der Waals surface area contributed by atoms with Gasteiger partial charge in [-0.1, -0.05) is 45.0 Å². The molecule has 12 nitrogen and oxygen atoms in total. The van der Waals surface area contributed by atoms with Crippen molar-refractivity contribution in [2.45, 2.75) is 65.3 Å². The summed E-state index contributed by atoms with van der Waals surface area (Å²) in [5, 5.41) is 19.5. The number of aromatic nitrogens is 2. The number of rotatable bonds is 11. The van der Waals surface area contributed by atoms with Crippen molar-refractivity contribution in [3.63, 3.8) is 0 Å². The van der Waals surface area contributed by atoms with Crippen molar-refractivity contribution in [2.24, 2.45) is 5.41 Å². The highest BCUT2D eigenvalue weighted by Crippen LogP contribution is 2.31. The number of nitrogens with one attached hydrogen (secondary N) is 2. The Labute approximate surface area is 312 Å². The van der Waals surface area contributed by atoms with Crippen LogP contribution in [0.4, 0.5) is 5.13 Å². The maximum absolute atomic E-state index is 14.0. The lowest BCUT2D eigenvalue weighted by atomic mass is 9.85. The minimum atomic E-state index is -0.961. The van der Waals surface area contributed by atoms with Crippen molar-refractivity contribution in [3.8, 4) is 27.4 Å². The molecule has 0 bridgehead atoms. The number of morpholine rings is 1. The number of nitrogens with zero attached hydrogens (tertiary/aromatic N) is 4. The van der Waals surface area contributed by atoms with Crippen LogP contribution >= 0.6 is 22.7 Å². The third-order valence-corrected chi connectivity index (χ3v) is 11.2. The smallest absolute Gasteiger partial charge is 0.258 e. The maximum atomic E-state index is 14.0. The van der Waals surface area contributed by atoms with Gasteiger partial charge in [-0.25, -0.2) is 9.97 Å². The quantitative estimate of drug-likeness (QED) is 0.197. The topological polar surface area (TPSA) is 146 Å². The van der Waals surface area contributed by atoms with Gasteiger partial charge >= 0.3 is 0 Å². The summed E-state index contributed by atoms with van der Waals surface area (Å²) >= 11 is 3.18. The molecule has 0 unspecified atom stereocenters. The van der Waals surface area contributed by atoms with Crippen LogP contribution in [0, 0.1) is 12.3 Å². The number of carbonyl (C=O) groups is 3. The molecule has 2 aliphatic heterocycles. The lowest BCUT2D eigenvalue weighted by Crippen LogP contribution is -2.58. The molecule has 0 radical (unpaired) electrons. The third kappa shape index (κ3) is 8.80. The molecule has 2 saturated heterocycles. The first-order valence-corrected chi connectivity index (χ1v) is 19.2. The summed E-state index contributed by atoms with van der Waals surface area (Å²) in [4.78, 5) is 54.6. The van der Waals surface area contributed by atoms with E-state index in [2.05, 4.69) is 20.5 Å². The Bertz CT molecular complexity index is 1850. The van der Waals surface area contributed by atoms with Gasteiger partial charge in [-0.15, -0.1) is 22.7 Å². The van der Waals surface area contributed by atoms with Gasteiger partial charge in [0.1, 0.15) is 17.8 Å². The number of benzene rings is 2. The second-order valence-electron chi connectivity index (χ2n) is 14.3. The van der Waals surface area contributed by atoms with E-state index in [0.717, 1.165) is 51.2 Å². The predicted molar refractivity (Wildman–Crippen MR) is 202 cm³/mol. The second-order valence-corrected chi connectivity index (χ2v) is 16.0. The molecule has 4 aromatic rings. The standard InChI is InChI=1S/C38H46N6O6S2/c1-23(25-6-8-27(9-7-25)33-24(2)39-22-52-33)40-35(47)31-18-28(45)19-44(31)36(48)34(38(3,4)5)42-32(46)20-50-29-12-10-26(11-13-29)30-21-51-37(41-30)43-14-16-49-17-15-43/h6-13,21-23,28,31,34,45H,14-20H2,1-5H3,(H,40,47)(H,42,46)/t23-,28+,31-,34+/m0/s1. The van der Waals surface area contributed by atoms with Gasteiger partial charge in [-0.2, -0.15) is 0 Å². The molecule has 6 rings (SSSR count). The van der Waals surface area contributed by atoms with Crippen molar-refractivity contribution in [1.82, 2.24) is 25.5 Å². The van der Waals surface area contributed by atoms with Crippen LogP contribution in [0.15, 0.2) is 59.4 Å².